The molecule has 1 aliphatic carbocycles. The molecule has 32 heavy (non-hydrogen) atoms. The summed E-state index contributed by atoms with van der Waals surface area (Å²) in [7, 11) is 3.58. The molecule has 0 radical (unpaired) electrons. The van der Waals surface area contributed by atoms with Crippen molar-refractivity contribution in [3.05, 3.63) is 36.3 Å². The maximum atomic E-state index is 12.9. The lowest BCUT2D eigenvalue weighted by atomic mass is 10.1. The summed E-state index contributed by atoms with van der Waals surface area (Å²) in [5, 5.41) is 4.13. The van der Waals surface area contributed by atoms with Crippen LogP contribution in [-0.4, -0.2) is 57.5 Å². The Bertz CT molecular complexity index is 1090. The van der Waals surface area contributed by atoms with Crippen LogP contribution in [-0.2, 0) is 0 Å². The molecule has 1 saturated heterocycles. The van der Waals surface area contributed by atoms with E-state index in [0.717, 1.165) is 42.7 Å². The number of anilines is 3. The number of hydrogen-bond acceptors (Lipinski definition) is 6. The molecular formula is C24H31N7O. The van der Waals surface area contributed by atoms with Crippen LogP contribution in [0.4, 0.5) is 17.5 Å². The van der Waals surface area contributed by atoms with Gasteiger partial charge in [-0.05, 0) is 50.3 Å². The number of nitrogens with one attached hydrogen (secondary N) is 1. The van der Waals surface area contributed by atoms with Gasteiger partial charge in [0, 0.05) is 44.8 Å². The van der Waals surface area contributed by atoms with Gasteiger partial charge in [0.15, 0.2) is 0 Å². The molecule has 1 N–H and O–H groups in total. The van der Waals surface area contributed by atoms with Gasteiger partial charge in [-0.3, -0.25) is 4.79 Å². The van der Waals surface area contributed by atoms with Crippen LogP contribution in [0.25, 0.3) is 11.0 Å². The first-order valence-corrected chi connectivity index (χ1v) is 11.7. The molecule has 0 aromatic carbocycles. The molecule has 1 amide bonds. The van der Waals surface area contributed by atoms with Crippen LogP contribution in [0.2, 0.25) is 0 Å². The predicted octanol–water partition coefficient (Wildman–Crippen LogP) is 4.38. The number of aromatic nitrogens is 4. The second-order valence-electron chi connectivity index (χ2n) is 9.08. The van der Waals surface area contributed by atoms with Crippen LogP contribution in [0.5, 0.6) is 0 Å². The van der Waals surface area contributed by atoms with Gasteiger partial charge in [-0.2, -0.15) is 4.98 Å². The highest BCUT2D eigenvalue weighted by atomic mass is 16.2. The van der Waals surface area contributed by atoms with Gasteiger partial charge < -0.3 is 19.7 Å². The van der Waals surface area contributed by atoms with Gasteiger partial charge in [0.2, 0.25) is 5.95 Å². The van der Waals surface area contributed by atoms with Crippen molar-refractivity contribution in [2.75, 3.05) is 37.4 Å². The summed E-state index contributed by atoms with van der Waals surface area (Å²) in [4.78, 5) is 30.8. The van der Waals surface area contributed by atoms with Gasteiger partial charge in [-0.1, -0.05) is 12.8 Å². The number of piperidine rings is 1. The van der Waals surface area contributed by atoms with E-state index in [1.165, 1.54) is 32.1 Å². The molecule has 3 aromatic heterocycles. The fourth-order valence-electron chi connectivity index (χ4n) is 4.91. The standard InChI is InChI=1S/C24H31N7O/c1-29(2)23(32)20-14-17-15-26-24(28-22(17)31(20)18-8-4-5-9-18)27-21-11-10-19(16-25-21)30-12-6-3-7-13-30/h10-11,14-16,18H,3-9,12-13H2,1-2H3,(H,25,26,27,28). The maximum absolute atomic E-state index is 12.9. The van der Waals surface area contributed by atoms with Crippen LogP contribution in [0.15, 0.2) is 30.6 Å². The van der Waals surface area contributed by atoms with E-state index >= 15 is 0 Å². The van der Waals surface area contributed by atoms with Crippen molar-refractivity contribution in [2.45, 2.75) is 51.0 Å². The van der Waals surface area contributed by atoms with Crippen LogP contribution >= 0.6 is 0 Å². The van der Waals surface area contributed by atoms with Crippen molar-refractivity contribution in [3.8, 4) is 0 Å². The van der Waals surface area contributed by atoms with Gasteiger partial charge in [0.1, 0.15) is 17.2 Å². The summed E-state index contributed by atoms with van der Waals surface area (Å²) < 4.78 is 2.13. The molecule has 2 aliphatic rings. The van der Waals surface area contributed by atoms with Gasteiger partial charge in [-0.25, -0.2) is 9.97 Å². The highest BCUT2D eigenvalue weighted by molar-refractivity contribution is 5.97. The summed E-state index contributed by atoms with van der Waals surface area (Å²) >= 11 is 0. The molecule has 1 aliphatic heterocycles. The quantitative estimate of drug-likeness (QED) is 0.643. The maximum Gasteiger partial charge on any atom is 0.270 e. The number of hydrogen-bond donors (Lipinski definition) is 1. The van der Waals surface area contributed by atoms with Crippen molar-refractivity contribution in [1.29, 1.82) is 0 Å². The van der Waals surface area contributed by atoms with E-state index in [2.05, 4.69) is 30.8 Å². The Morgan fingerprint density at radius 3 is 2.50 bits per heavy atom. The van der Waals surface area contributed by atoms with E-state index in [0.29, 0.717) is 23.5 Å². The van der Waals surface area contributed by atoms with E-state index in [4.69, 9.17) is 4.98 Å². The topological polar surface area (TPSA) is 79.2 Å². The Hall–Kier alpha value is -3.16. The molecule has 168 valence electrons. The minimum absolute atomic E-state index is 0.000577. The van der Waals surface area contributed by atoms with Crippen molar-refractivity contribution in [2.24, 2.45) is 0 Å². The molecule has 0 spiro atoms. The SMILES string of the molecule is CN(C)C(=O)c1cc2cnc(Nc3ccc(N4CCCCC4)cn3)nc2n1C1CCCC1. The van der Waals surface area contributed by atoms with Crippen molar-refractivity contribution >= 4 is 34.4 Å². The average molecular weight is 434 g/mol. The first-order valence-electron chi connectivity index (χ1n) is 11.7. The number of nitrogens with zero attached hydrogens (tertiary/aromatic N) is 6. The zero-order valence-electron chi connectivity index (χ0n) is 18.9. The van der Waals surface area contributed by atoms with Crippen LogP contribution < -0.4 is 10.2 Å². The third-order valence-corrected chi connectivity index (χ3v) is 6.60. The number of pyridine rings is 1. The first-order chi connectivity index (χ1) is 15.6. The first kappa shape index (κ1) is 20.7. The Labute approximate surface area is 188 Å². The molecule has 8 nitrogen and oxygen atoms in total. The third-order valence-electron chi connectivity index (χ3n) is 6.60. The number of carbonyl (C=O) groups is 1. The molecule has 0 atom stereocenters. The largest absolute Gasteiger partial charge is 0.370 e. The van der Waals surface area contributed by atoms with Crippen molar-refractivity contribution in [1.82, 2.24) is 24.4 Å². The van der Waals surface area contributed by atoms with Crippen molar-refractivity contribution < 1.29 is 4.79 Å². The third kappa shape index (κ3) is 4.01. The molecule has 0 bridgehead atoms. The van der Waals surface area contributed by atoms with E-state index in [-0.39, 0.29) is 5.91 Å². The summed E-state index contributed by atoms with van der Waals surface area (Å²) in [6.07, 6.45) is 12.0. The highest BCUT2D eigenvalue weighted by Gasteiger charge is 2.26. The molecule has 4 heterocycles. The smallest absolute Gasteiger partial charge is 0.270 e. The second kappa shape index (κ2) is 8.76. The number of rotatable bonds is 5. The lowest BCUT2D eigenvalue weighted by molar-refractivity contribution is 0.0815. The monoisotopic (exact) mass is 433 g/mol. The van der Waals surface area contributed by atoms with Gasteiger partial charge in [-0.15, -0.1) is 0 Å². The molecule has 8 heteroatoms. The van der Waals surface area contributed by atoms with Crippen LogP contribution in [0, 0.1) is 0 Å². The molecular weight excluding hydrogens is 402 g/mol. The van der Waals surface area contributed by atoms with E-state index in [1.54, 1.807) is 25.2 Å². The average Bonchev–Trinajstić information content (AvgIpc) is 3.47. The summed E-state index contributed by atoms with van der Waals surface area (Å²) in [5.74, 6) is 1.21. The Morgan fingerprint density at radius 1 is 1.03 bits per heavy atom. The Kier molecular flexibility index (Phi) is 5.68. The van der Waals surface area contributed by atoms with Crippen LogP contribution in [0.3, 0.4) is 0 Å². The van der Waals surface area contributed by atoms with E-state index in [1.807, 2.05) is 18.3 Å². The lowest BCUT2D eigenvalue weighted by Crippen LogP contribution is -2.29. The summed E-state index contributed by atoms with van der Waals surface area (Å²) in [6.45, 7) is 2.20. The molecule has 3 aromatic rings. The fraction of sp³-hybridized carbons (Fsp3) is 0.500. The zero-order valence-corrected chi connectivity index (χ0v) is 18.9. The highest BCUT2D eigenvalue weighted by Crippen LogP contribution is 2.35. The van der Waals surface area contributed by atoms with E-state index < -0.39 is 0 Å². The molecule has 5 rings (SSSR count). The summed E-state index contributed by atoms with van der Waals surface area (Å²) in [6, 6.07) is 6.31. The number of fused-ring (bicyclic) bond motifs is 1. The number of amides is 1. The van der Waals surface area contributed by atoms with E-state index in [9.17, 15) is 4.79 Å². The second-order valence-corrected chi connectivity index (χ2v) is 9.08. The van der Waals surface area contributed by atoms with Gasteiger partial charge >= 0.3 is 0 Å². The molecule has 2 fully saturated rings. The lowest BCUT2D eigenvalue weighted by Gasteiger charge is -2.28. The minimum atomic E-state index is -0.000577. The molecule has 0 unspecified atom stereocenters. The zero-order chi connectivity index (χ0) is 22.1. The Morgan fingerprint density at radius 2 is 1.81 bits per heavy atom. The predicted molar refractivity (Wildman–Crippen MR) is 127 cm³/mol. The van der Waals surface area contributed by atoms with Gasteiger partial charge in [0.05, 0.1) is 11.9 Å². The minimum Gasteiger partial charge on any atom is -0.370 e. The van der Waals surface area contributed by atoms with Gasteiger partial charge in [0.25, 0.3) is 5.91 Å². The fourth-order valence-corrected chi connectivity index (χ4v) is 4.91. The Balaban J connectivity index is 1.43. The van der Waals surface area contributed by atoms with Crippen molar-refractivity contribution in [3.63, 3.8) is 0 Å². The number of carbonyl (C=O) groups excluding carboxylic acids is 1. The van der Waals surface area contributed by atoms with Crippen LogP contribution in [0.1, 0.15) is 61.5 Å². The molecule has 1 saturated carbocycles. The normalized spacial score (nSPS) is 17.1. The summed E-state index contributed by atoms with van der Waals surface area (Å²) in [5.41, 5.74) is 2.66.